The Morgan fingerprint density at radius 2 is 2.29 bits per heavy atom. The highest BCUT2D eigenvalue weighted by molar-refractivity contribution is 4.91. The van der Waals surface area contributed by atoms with Gasteiger partial charge in [0.2, 0.25) is 5.89 Å². The third kappa shape index (κ3) is 3.08. The molecule has 0 aliphatic carbocycles. The van der Waals surface area contributed by atoms with Crippen molar-refractivity contribution in [1.82, 2.24) is 10.1 Å². The zero-order chi connectivity index (χ0) is 10.4. The van der Waals surface area contributed by atoms with Gasteiger partial charge in [-0.2, -0.15) is 4.98 Å². The average molecular weight is 199 g/mol. The minimum atomic E-state index is -0.150. The Morgan fingerprint density at radius 3 is 2.93 bits per heavy atom. The fourth-order valence-electron chi connectivity index (χ4n) is 1.00. The quantitative estimate of drug-likeness (QED) is 0.693. The molecule has 0 radical (unpaired) electrons. The molecule has 0 aliphatic rings. The van der Waals surface area contributed by atoms with E-state index >= 15 is 0 Å². The third-order valence-electron chi connectivity index (χ3n) is 1.91. The largest absolute Gasteiger partial charge is 0.381 e. The van der Waals surface area contributed by atoms with Crippen LogP contribution < -0.4 is 5.73 Å². The van der Waals surface area contributed by atoms with Gasteiger partial charge >= 0.3 is 0 Å². The van der Waals surface area contributed by atoms with Gasteiger partial charge in [-0.3, -0.25) is 0 Å². The molecule has 1 heterocycles. The van der Waals surface area contributed by atoms with E-state index in [1.165, 1.54) is 0 Å². The summed E-state index contributed by atoms with van der Waals surface area (Å²) in [4.78, 5) is 4.17. The molecule has 1 atom stereocenters. The van der Waals surface area contributed by atoms with E-state index in [0.29, 0.717) is 31.3 Å². The van der Waals surface area contributed by atoms with Crippen molar-refractivity contribution in [3.05, 3.63) is 11.7 Å². The lowest BCUT2D eigenvalue weighted by Gasteiger charge is -1.99. The summed E-state index contributed by atoms with van der Waals surface area (Å²) in [7, 11) is 0. The molecule has 0 saturated carbocycles. The van der Waals surface area contributed by atoms with Crippen molar-refractivity contribution < 1.29 is 9.26 Å². The number of nitrogens with two attached hydrogens (primary N) is 1. The zero-order valence-corrected chi connectivity index (χ0v) is 8.69. The molecule has 0 amide bonds. The van der Waals surface area contributed by atoms with Crippen molar-refractivity contribution in [2.45, 2.75) is 32.7 Å². The normalized spacial score (nSPS) is 13.1. The van der Waals surface area contributed by atoms with Crippen LogP contribution >= 0.6 is 0 Å². The van der Waals surface area contributed by atoms with Gasteiger partial charge in [0.15, 0.2) is 5.82 Å². The highest BCUT2D eigenvalue weighted by atomic mass is 16.5. The molecule has 0 fully saturated rings. The molecule has 1 aromatic rings. The first-order chi connectivity index (χ1) is 6.77. The number of nitrogens with zero attached hydrogens (tertiary/aromatic N) is 2. The monoisotopic (exact) mass is 199 g/mol. The minimum absolute atomic E-state index is 0.150. The Labute approximate surface area is 83.6 Å². The first-order valence-corrected chi connectivity index (χ1v) is 4.93. The molecule has 5 heteroatoms. The molecule has 0 aliphatic heterocycles. The van der Waals surface area contributed by atoms with Crippen LogP contribution in [0.4, 0.5) is 0 Å². The van der Waals surface area contributed by atoms with E-state index in [9.17, 15) is 0 Å². The fourth-order valence-corrected chi connectivity index (χ4v) is 1.00. The van der Waals surface area contributed by atoms with Gasteiger partial charge in [0.05, 0.1) is 12.6 Å². The van der Waals surface area contributed by atoms with Crippen molar-refractivity contribution in [3.63, 3.8) is 0 Å². The van der Waals surface area contributed by atoms with Crippen molar-refractivity contribution in [2.75, 3.05) is 13.2 Å². The maximum atomic E-state index is 5.73. The van der Waals surface area contributed by atoms with Crippen molar-refractivity contribution in [3.8, 4) is 0 Å². The van der Waals surface area contributed by atoms with Crippen LogP contribution in [0.25, 0.3) is 0 Å². The van der Waals surface area contributed by atoms with E-state index in [-0.39, 0.29) is 6.04 Å². The van der Waals surface area contributed by atoms with E-state index in [2.05, 4.69) is 10.1 Å². The molecule has 0 bridgehead atoms. The second-order valence-corrected chi connectivity index (χ2v) is 3.01. The van der Waals surface area contributed by atoms with E-state index in [1.807, 2.05) is 13.8 Å². The summed E-state index contributed by atoms with van der Waals surface area (Å²) in [5, 5.41) is 3.81. The summed E-state index contributed by atoms with van der Waals surface area (Å²) in [5.74, 6) is 1.18. The molecule has 0 saturated heterocycles. The van der Waals surface area contributed by atoms with Crippen molar-refractivity contribution in [2.24, 2.45) is 5.73 Å². The smallest absolute Gasteiger partial charge is 0.243 e. The van der Waals surface area contributed by atoms with Crippen LogP contribution in [0.2, 0.25) is 0 Å². The first-order valence-electron chi connectivity index (χ1n) is 4.93. The summed E-state index contributed by atoms with van der Waals surface area (Å²) >= 11 is 0. The molecule has 0 unspecified atom stereocenters. The van der Waals surface area contributed by atoms with Crippen LogP contribution in [-0.4, -0.2) is 23.4 Å². The van der Waals surface area contributed by atoms with Crippen LogP contribution in [0.15, 0.2) is 4.52 Å². The molecule has 14 heavy (non-hydrogen) atoms. The maximum absolute atomic E-state index is 5.73. The Balaban J connectivity index is 2.42. The summed E-state index contributed by atoms with van der Waals surface area (Å²) in [6.07, 6.45) is 1.47. The lowest BCUT2D eigenvalue weighted by atomic mass is 10.2. The molecular formula is C9H17N3O2. The summed E-state index contributed by atoms with van der Waals surface area (Å²) in [6.45, 7) is 5.26. The highest BCUT2D eigenvalue weighted by Crippen LogP contribution is 2.10. The molecule has 0 aromatic carbocycles. The lowest BCUT2D eigenvalue weighted by Crippen LogP contribution is -2.09. The van der Waals surface area contributed by atoms with Gasteiger partial charge in [-0.25, -0.2) is 0 Å². The maximum Gasteiger partial charge on any atom is 0.243 e. The first kappa shape index (κ1) is 11.1. The fraction of sp³-hybridized carbons (Fsp3) is 0.778. The highest BCUT2D eigenvalue weighted by Gasteiger charge is 2.12. The predicted octanol–water partition coefficient (Wildman–Crippen LogP) is 1.06. The van der Waals surface area contributed by atoms with Gasteiger partial charge in [-0.05, 0) is 13.3 Å². The lowest BCUT2D eigenvalue weighted by molar-refractivity contribution is 0.149. The van der Waals surface area contributed by atoms with E-state index in [0.717, 1.165) is 6.42 Å². The van der Waals surface area contributed by atoms with Crippen LogP contribution in [0.5, 0.6) is 0 Å². The van der Waals surface area contributed by atoms with Crippen molar-refractivity contribution in [1.29, 1.82) is 0 Å². The van der Waals surface area contributed by atoms with Gasteiger partial charge in [0, 0.05) is 13.0 Å². The minimum Gasteiger partial charge on any atom is -0.381 e. The van der Waals surface area contributed by atoms with Gasteiger partial charge in [0.1, 0.15) is 0 Å². The molecule has 1 rings (SSSR count). The number of hydrogen-bond donors (Lipinski definition) is 1. The number of ether oxygens (including phenoxy) is 1. The number of aromatic nitrogens is 2. The van der Waals surface area contributed by atoms with Crippen LogP contribution in [-0.2, 0) is 11.2 Å². The van der Waals surface area contributed by atoms with E-state index < -0.39 is 0 Å². The molecule has 2 N–H and O–H groups in total. The molecule has 5 nitrogen and oxygen atoms in total. The van der Waals surface area contributed by atoms with Gasteiger partial charge in [0.25, 0.3) is 0 Å². The van der Waals surface area contributed by atoms with Gasteiger partial charge < -0.3 is 15.0 Å². The summed E-state index contributed by atoms with van der Waals surface area (Å²) in [5.41, 5.74) is 5.73. The zero-order valence-electron chi connectivity index (χ0n) is 8.69. The SMILES string of the molecule is CCOCCc1noc([C@@H](N)CC)n1. The third-order valence-corrected chi connectivity index (χ3v) is 1.91. The van der Waals surface area contributed by atoms with E-state index in [1.54, 1.807) is 0 Å². The topological polar surface area (TPSA) is 74.2 Å². The van der Waals surface area contributed by atoms with Crippen LogP contribution in [0, 0.1) is 0 Å². The van der Waals surface area contributed by atoms with Crippen LogP contribution in [0.3, 0.4) is 0 Å². The van der Waals surface area contributed by atoms with Crippen LogP contribution in [0.1, 0.15) is 38.0 Å². The second-order valence-electron chi connectivity index (χ2n) is 3.01. The van der Waals surface area contributed by atoms with Gasteiger partial charge in [-0.15, -0.1) is 0 Å². The Kier molecular flexibility index (Phi) is 4.55. The molecule has 0 spiro atoms. The molecule has 1 aromatic heterocycles. The second kappa shape index (κ2) is 5.72. The molecular weight excluding hydrogens is 182 g/mol. The van der Waals surface area contributed by atoms with E-state index in [4.69, 9.17) is 15.0 Å². The summed E-state index contributed by atoms with van der Waals surface area (Å²) in [6, 6.07) is -0.150. The Hall–Kier alpha value is -0.940. The van der Waals surface area contributed by atoms with Gasteiger partial charge in [-0.1, -0.05) is 12.1 Å². The average Bonchev–Trinajstić information content (AvgIpc) is 2.66. The Bertz CT molecular complexity index is 262. The standard InChI is InChI=1S/C9H17N3O2/c1-3-7(10)9-11-8(12-14-9)5-6-13-4-2/h7H,3-6,10H2,1-2H3/t7-/m0/s1. The van der Waals surface area contributed by atoms with Crippen molar-refractivity contribution >= 4 is 0 Å². The Morgan fingerprint density at radius 1 is 1.50 bits per heavy atom. The predicted molar refractivity (Wildman–Crippen MR) is 51.7 cm³/mol. The molecule has 80 valence electrons. The summed E-state index contributed by atoms with van der Waals surface area (Å²) < 4.78 is 10.2. The number of rotatable bonds is 6. The number of hydrogen-bond acceptors (Lipinski definition) is 5.